The second kappa shape index (κ2) is 5.39. The van der Waals surface area contributed by atoms with Crippen LogP contribution in [0, 0.1) is 0 Å². The van der Waals surface area contributed by atoms with Crippen LogP contribution in [0.3, 0.4) is 0 Å². The Balaban J connectivity index is 2.15. The predicted molar refractivity (Wildman–Crippen MR) is 67.7 cm³/mol. The third-order valence-electron chi connectivity index (χ3n) is 2.15. The lowest BCUT2D eigenvalue weighted by molar-refractivity contribution is 0.812. The van der Waals surface area contributed by atoms with Gasteiger partial charge in [0.15, 0.2) is 0 Å². The number of halogens is 1. The largest absolute Gasteiger partial charge is 0.330 e. The zero-order chi connectivity index (χ0) is 11.4. The van der Waals surface area contributed by atoms with Gasteiger partial charge in [-0.25, -0.2) is 0 Å². The number of rotatable bonds is 4. The van der Waals surface area contributed by atoms with Crippen LogP contribution in [-0.4, -0.2) is 16.7 Å². The molecule has 0 aliphatic carbocycles. The Labute approximate surface area is 103 Å². The van der Waals surface area contributed by atoms with Crippen molar-refractivity contribution in [1.82, 2.24) is 10.2 Å². The molecule has 0 bridgehead atoms. The third-order valence-corrected chi connectivity index (χ3v) is 3.44. The molecule has 1 aromatic carbocycles. The quantitative estimate of drug-likeness (QED) is 0.912. The molecule has 3 nitrogen and oxygen atoms in total. The van der Waals surface area contributed by atoms with Gasteiger partial charge in [0.25, 0.3) is 0 Å². The summed E-state index contributed by atoms with van der Waals surface area (Å²) >= 11 is 7.44. The molecule has 0 fully saturated rings. The van der Waals surface area contributed by atoms with Gasteiger partial charge in [0.2, 0.25) is 0 Å². The third kappa shape index (κ3) is 2.78. The monoisotopic (exact) mass is 253 g/mol. The van der Waals surface area contributed by atoms with Gasteiger partial charge in [-0.3, -0.25) is 0 Å². The molecule has 5 heteroatoms. The normalized spacial score (nSPS) is 10.6. The molecular weight excluding hydrogens is 242 g/mol. The van der Waals surface area contributed by atoms with Gasteiger partial charge in [-0.05, 0) is 25.1 Å². The standard InChI is InChI=1S/C11H12ClN3S/c12-9-5-3-8(4-6-9)11-15-14-10(16-11)2-1-7-13/h3-6H,1-2,7,13H2. The van der Waals surface area contributed by atoms with Crippen molar-refractivity contribution in [3.8, 4) is 10.6 Å². The van der Waals surface area contributed by atoms with Crippen molar-refractivity contribution in [3.63, 3.8) is 0 Å². The number of benzene rings is 1. The van der Waals surface area contributed by atoms with E-state index in [4.69, 9.17) is 17.3 Å². The Morgan fingerprint density at radius 2 is 1.94 bits per heavy atom. The second-order valence-electron chi connectivity index (χ2n) is 3.40. The lowest BCUT2D eigenvalue weighted by atomic mass is 10.2. The van der Waals surface area contributed by atoms with Crippen LogP contribution in [0.1, 0.15) is 11.4 Å². The van der Waals surface area contributed by atoms with Crippen LogP contribution >= 0.6 is 22.9 Å². The van der Waals surface area contributed by atoms with Crippen molar-refractivity contribution in [2.75, 3.05) is 6.54 Å². The fourth-order valence-electron chi connectivity index (χ4n) is 1.32. The number of hydrogen-bond acceptors (Lipinski definition) is 4. The van der Waals surface area contributed by atoms with E-state index in [2.05, 4.69) is 10.2 Å². The van der Waals surface area contributed by atoms with E-state index in [0.29, 0.717) is 6.54 Å². The van der Waals surface area contributed by atoms with E-state index in [0.717, 1.165) is 33.4 Å². The molecule has 1 aromatic heterocycles. The van der Waals surface area contributed by atoms with Gasteiger partial charge in [-0.1, -0.05) is 35.1 Å². The average molecular weight is 254 g/mol. The summed E-state index contributed by atoms with van der Waals surface area (Å²) in [6.45, 7) is 0.690. The van der Waals surface area contributed by atoms with E-state index in [1.54, 1.807) is 11.3 Å². The van der Waals surface area contributed by atoms with Gasteiger partial charge in [0, 0.05) is 17.0 Å². The molecule has 84 valence electrons. The van der Waals surface area contributed by atoms with Crippen molar-refractivity contribution in [3.05, 3.63) is 34.3 Å². The van der Waals surface area contributed by atoms with Gasteiger partial charge in [0.05, 0.1) is 0 Å². The van der Waals surface area contributed by atoms with Gasteiger partial charge < -0.3 is 5.73 Å². The molecule has 2 N–H and O–H groups in total. The molecule has 0 radical (unpaired) electrons. The highest BCUT2D eigenvalue weighted by Gasteiger charge is 2.05. The van der Waals surface area contributed by atoms with Crippen LogP contribution in [0.25, 0.3) is 10.6 Å². The van der Waals surface area contributed by atoms with E-state index >= 15 is 0 Å². The average Bonchev–Trinajstić information content (AvgIpc) is 2.76. The van der Waals surface area contributed by atoms with Gasteiger partial charge >= 0.3 is 0 Å². The van der Waals surface area contributed by atoms with Crippen LogP contribution in [0.5, 0.6) is 0 Å². The summed E-state index contributed by atoms with van der Waals surface area (Å²) in [5.74, 6) is 0. The first-order valence-corrected chi connectivity index (χ1v) is 6.27. The van der Waals surface area contributed by atoms with Crippen molar-refractivity contribution < 1.29 is 0 Å². The first kappa shape index (κ1) is 11.5. The molecule has 2 rings (SSSR count). The van der Waals surface area contributed by atoms with Gasteiger partial charge in [-0.15, -0.1) is 10.2 Å². The van der Waals surface area contributed by atoms with E-state index in [1.165, 1.54) is 0 Å². The van der Waals surface area contributed by atoms with Crippen molar-refractivity contribution in [2.24, 2.45) is 5.73 Å². The van der Waals surface area contributed by atoms with E-state index in [-0.39, 0.29) is 0 Å². The summed E-state index contributed by atoms with van der Waals surface area (Å²) in [6, 6.07) is 7.63. The Morgan fingerprint density at radius 3 is 2.62 bits per heavy atom. The molecule has 16 heavy (non-hydrogen) atoms. The zero-order valence-corrected chi connectivity index (χ0v) is 10.3. The number of nitrogens with two attached hydrogens (primary N) is 1. The zero-order valence-electron chi connectivity index (χ0n) is 8.69. The molecule has 1 heterocycles. The lowest BCUT2D eigenvalue weighted by Gasteiger charge is -1.94. The first-order chi connectivity index (χ1) is 7.79. The molecule has 2 aromatic rings. The molecule has 0 unspecified atom stereocenters. The predicted octanol–water partition coefficient (Wildman–Crippen LogP) is 2.75. The summed E-state index contributed by atoms with van der Waals surface area (Å²) in [5, 5.41) is 11.0. The molecule has 0 aliphatic heterocycles. The minimum absolute atomic E-state index is 0.690. The van der Waals surface area contributed by atoms with Crippen molar-refractivity contribution >= 4 is 22.9 Å². The molecular formula is C11H12ClN3S. The topological polar surface area (TPSA) is 51.8 Å². The summed E-state index contributed by atoms with van der Waals surface area (Å²) in [6.07, 6.45) is 1.86. The molecule has 0 amide bonds. The fourth-order valence-corrected chi connectivity index (χ4v) is 2.33. The maximum absolute atomic E-state index is 5.83. The number of hydrogen-bond donors (Lipinski definition) is 1. The highest BCUT2D eigenvalue weighted by atomic mass is 35.5. The summed E-state index contributed by atoms with van der Waals surface area (Å²) in [4.78, 5) is 0. The Kier molecular flexibility index (Phi) is 3.88. The minimum Gasteiger partial charge on any atom is -0.330 e. The number of aryl methyl sites for hydroxylation is 1. The fraction of sp³-hybridized carbons (Fsp3) is 0.273. The van der Waals surface area contributed by atoms with Crippen LogP contribution in [-0.2, 0) is 6.42 Å². The number of aromatic nitrogens is 2. The summed E-state index contributed by atoms with van der Waals surface area (Å²) in [5.41, 5.74) is 6.51. The Hall–Kier alpha value is -0.970. The van der Waals surface area contributed by atoms with Crippen LogP contribution < -0.4 is 5.73 Å². The summed E-state index contributed by atoms with van der Waals surface area (Å²) < 4.78 is 0. The van der Waals surface area contributed by atoms with E-state index < -0.39 is 0 Å². The Morgan fingerprint density at radius 1 is 1.19 bits per heavy atom. The second-order valence-corrected chi connectivity index (χ2v) is 4.90. The smallest absolute Gasteiger partial charge is 0.147 e. The maximum atomic E-state index is 5.83. The molecule has 0 aliphatic rings. The Bertz CT molecular complexity index is 453. The molecule has 0 saturated carbocycles. The van der Waals surface area contributed by atoms with Crippen LogP contribution in [0.4, 0.5) is 0 Å². The highest BCUT2D eigenvalue weighted by molar-refractivity contribution is 7.14. The minimum atomic E-state index is 0.690. The maximum Gasteiger partial charge on any atom is 0.147 e. The van der Waals surface area contributed by atoms with Crippen LogP contribution in [0.2, 0.25) is 5.02 Å². The lowest BCUT2D eigenvalue weighted by Crippen LogP contribution is -1.99. The summed E-state index contributed by atoms with van der Waals surface area (Å²) in [7, 11) is 0. The van der Waals surface area contributed by atoms with E-state index in [9.17, 15) is 0 Å². The SMILES string of the molecule is NCCCc1nnc(-c2ccc(Cl)cc2)s1. The van der Waals surface area contributed by atoms with Crippen LogP contribution in [0.15, 0.2) is 24.3 Å². The number of nitrogens with zero attached hydrogens (tertiary/aromatic N) is 2. The first-order valence-electron chi connectivity index (χ1n) is 5.08. The van der Waals surface area contributed by atoms with Gasteiger partial charge in [-0.2, -0.15) is 0 Å². The van der Waals surface area contributed by atoms with Gasteiger partial charge in [0.1, 0.15) is 10.0 Å². The highest BCUT2D eigenvalue weighted by Crippen LogP contribution is 2.25. The molecule has 0 spiro atoms. The molecule has 0 atom stereocenters. The van der Waals surface area contributed by atoms with E-state index in [1.807, 2.05) is 24.3 Å². The molecule has 0 saturated heterocycles. The van der Waals surface area contributed by atoms with Crippen molar-refractivity contribution in [2.45, 2.75) is 12.8 Å². The van der Waals surface area contributed by atoms with Crippen molar-refractivity contribution in [1.29, 1.82) is 0 Å².